The summed E-state index contributed by atoms with van der Waals surface area (Å²) in [6.45, 7) is 0. The largest absolute Gasteiger partial charge is 0.505 e. The summed E-state index contributed by atoms with van der Waals surface area (Å²) in [6, 6.07) is 13.1. The van der Waals surface area contributed by atoms with E-state index in [1.165, 1.54) is 31.4 Å². The van der Waals surface area contributed by atoms with E-state index in [2.05, 4.69) is 15.1 Å². The predicted octanol–water partition coefficient (Wildman–Crippen LogP) is 2.81. The van der Waals surface area contributed by atoms with Gasteiger partial charge in [-0.1, -0.05) is 31.4 Å². The van der Waals surface area contributed by atoms with Crippen molar-refractivity contribution < 1.29 is 23.1 Å². The van der Waals surface area contributed by atoms with Gasteiger partial charge in [0.15, 0.2) is 11.4 Å². The second-order valence-corrected chi connectivity index (χ2v) is 9.95. The van der Waals surface area contributed by atoms with E-state index < -0.39 is 27.2 Å². The molecule has 10 nitrogen and oxygen atoms in total. The van der Waals surface area contributed by atoms with Crippen LogP contribution in [0.2, 0.25) is 0 Å². The van der Waals surface area contributed by atoms with E-state index >= 15 is 0 Å². The van der Waals surface area contributed by atoms with Crippen LogP contribution >= 0.6 is 0 Å². The van der Waals surface area contributed by atoms with Crippen molar-refractivity contribution in [1.29, 1.82) is 0 Å². The number of ether oxygens (including phenoxy) is 1. The zero-order chi connectivity index (χ0) is 25.0. The molecule has 0 bridgehead atoms. The molecule has 1 fully saturated rings. The summed E-state index contributed by atoms with van der Waals surface area (Å²) < 4.78 is 34.3. The van der Waals surface area contributed by atoms with Gasteiger partial charge in [-0.25, -0.2) is 13.1 Å². The summed E-state index contributed by atoms with van der Waals surface area (Å²) in [4.78, 5) is 25.3. The number of carbonyl (C=O) groups excluding carboxylic acids is 1. The van der Waals surface area contributed by atoms with Crippen molar-refractivity contribution in [1.82, 2.24) is 14.5 Å². The molecular formula is C24H26N4O6S. The van der Waals surface area contributed by atoms with Crippen molar-refractivity contribution in [2.24, 2.45) is 0 Å². The standard InChI is InChI=1S/C24H26N4O6S/c1-34-21-10-6-5-9-19(21)28-22(30)15-20(29)23(26-28)24(31)25-16-11-13-18(14-12-16)35(32,33)27-17-7-3-2-4-8-17/h5-6,9-15,17,27,29H,2-4,7-8H2,1H3,(H,25,31). The lowest BCUT2D eigenvalue weighted by atomic mass is 9.96. The number of hydrogen-bond donors (Lipinski definition) is 3. The fourth-order valence-corrected chi connectivity index (χ4v) is 5.31. The van der Waals surface area contributed by atoms with Crippen LogP contribution in [-0.2, 0) is 10.0 Å². The highest BCUT2D eigenvalue weighted by Crippen LogP contribution is 2.23. The van der Waals surface area contributed by atoms with E-state index in [1.807, 2.05) is 0 Å². The molecule has 0 atom stereocenters. The molecule has 2 aromatic carbocycles. The van der Waals surface area contributed by atoms with Gasteiger partial charge in [0, 0.05) is 17.8 Å². The first-order valence-electron chi connectivity index (χ1n) is 11.2. The molecule has 11 heteroatoms. The lowest BCUT2D eigenvalue weighted by Crippen LogP contribution is -2.36. The van der Waals surface area contributed by atoms with Gasteiger partial charge in [0.2, 0.25) is 10.0 Å². The molecule has 1 heterocycles. The molecule has 1 aliphatic carbocycles. The molecule has 3 aromatic rings. The highest BCUT2D eigenvalue weighted by Gasteiger charge is 2.22. The van der Waals surface area contributed by atoms with E-state index in [1.54, 1.807) is 24.3 Å². The van der Waals surface area contributed by atoms with Crippen LogP contribution in [0.4, 0.5) is 5.69 Å². The highest BCUT2D eigenvalue weighted by molar-refractivity contribution is 7.89. The maximum absolute atomic E-state index is 12.8. The van der Waals surface area contributed by atoms with E-state index in [0.717, 1.165) is 42.9 Å². The third kappa shape index (κ3) is 5.52. The quantitative estimate of drug-likeness (QED) is 0.455. The second-order valence-electron chi connectivity index (χ2n) is 8.23. The second kappa shape index (κ2) is 10.3. The normalized spacial score (nSPS) is 14.4. The average Bonchev–Trinajstić information content (AvgIpc) is 2.85. The Hall–Kier alpha value is -3.70. The molecule has 1 saturated carbocycles. The molecule has 0 saturated heterocycles. The molecule has 1 aliphatic rings. The van der Waals surface area contributed by atoms with Crippen LogP contribution in [0.3, 0.4) is 0 Å². The molecule has 0 unspecified atom stereocenters. The lowest BCUT2D eigenvalue weighted by Gasteiger charge is -2.22. The number of methoxy groups -OCH3 is 1. The van der Waals surface area contributed by atoms with Gasteiger partial charge in [0.25, 0.3) is 11.5 Å². The van der Waals surface area contributed by atoms with Crippen LogP contribution in [0.25, 0.3) is 5.69 Å². The summed E-state index contributed by atoms with van der Waals surface area (Å²) in [5.74, 6) is -1.01. The molecule has 4 rings (SSSR count). The van der Waals surface area contributed by atoms with Crippen LogP contribution in [0.1, 0.15) is 42.6 Å². The van der Waals surface area contributed by atoms with Crippen molar-refractivity contribution in [2.45, 2.75) is 43.0 Å². The molecular weight excluding hydrogens is 472 g/mol. The molecule has 1 aromatic heterocycles. The number of aromatic hydroxyl groups is 1. The van der Waals surface area contributed by atoms with Crippen LogP contribution in [0.15, 0.2) is 64.3 Å². The Balaban J connectivity index is 1.53. The highest BCUT2D eigenvalue weighted by atomic mass is 32.2. The maximum atomic E-state index is 12.8. The van der Waals surface area contributed by atoms with Crippen molar-refractivity contribution >= 4 is 21.6 Å². The van der Waals surface area contributed by atoms with Gasteiger partial charge in [-0.15, -0.1) is 0 Å². The third-order valence-electron chi connectivity index (χ3n) is 5.79. The van der Waals surface area contributed by atoms with Crippen molar-refractivity contribution in [3.63, 3.8) is 0 Å². The third-order valence-corrected chi connectivity index (χ3v) is 7.33. The number of rotatable bonds is 7. The number of benzene rings is 2. The number of nitrogens with zero attached hydrogens (tertiary/aromatic N) is 2. The summed E-state index contributed by atoms with van der Waals surface area (Å²) >= 11 is 0. The van der Waals surface area contributed by atoms with E-state index in [-0.39, 0.29) is 16.6 Å². The molecule has 0 spiro atoms. The summed E-state index contributed by atoms with van der Waals surface area (Å²) in [7, 11) is -2.24. The Morgan fingerprint density at radius 1 is 1.09 bits per heavy atom. The van der Waals surface area contributed by atoms with Gasteiger partial charge in [-0.05, 0) is 49.2 Å². The predicted molar refractivity (Wildman–Crippen MR) is 130 cm³/mol. The van der Waals surface area contributed by atoms with Gasteiger partial charge in [0.1, 0.15) is 11.4 Å². The zero-order valence-electron chi connectivity index (χ0n) is 19.1. The number of carbonyl (C=O) groups is 1. The first kappa shape index (κ1) is 24.4. The van der Waals surface area contributed by atoms with Gasteiger partial charge >= 0.3 is 0 Å². The fraction of sp³-hybridized carbons (Fsp3) is 0.292. The lowest BCUT2D eigenvalue weighted by molar-refractivity contribution is 0.101. The number of hydrogen-bond acceptors (Lipinski definition) is 7. The molecule has 35 heavy (non-hydrogen) atoms. The van der Waals surface area contributed by atoms with Crippen LogP contribution in [-0.4, -0.2) is 42.4 Å². The van der Waals surface area contributed by atoms with E-state index in [4.69, 9.17) is 4.74 Å². The van der Waals surface area contributed by atoms with Crippen LogP contribution in [0.5, 0.6) is 11.5 Å². The van der Waals surface area contributed by atoms with Crippen molar-refractivity contribution in [3.05, 3.63) is 70.6 Å². The average molecular weight is 499 g/mol. The minimum absolute atomic E-state index is 0.0684. The van der Waals surface area contributed by atoms with E-state index in [9.17, 15) is 23.1 Å². The summed E-state index contributed by atoms with van der Waals surface area (Å²) in [5, 5.41) is 16.8. The molecule has 0 aliphatic heterocycles. The Bertz CT molecular complexity index is 1380. The molecule has 0 radical (unpaired) electrons. The topological polar surface area (TPSA) is 140 Å². The number of sulfonamides is 1. The van der Waals surface area contributed by atoms with Crippen molar-refractivity contribution in [3.8, 4) is 17.2 Å². The van der Waals surface area contributed by atoms with Gasteiger partial charge < -0.3 is 15.2 Å². The van der Waals surface area contributed by atoms with Gasteiger partial charge in [0.05, 0.1) is 12.0 Å². The Labute approximate surface area is 202 Å². The van der Waals surface area contributed by atoms with Crippen molar-refractivity contribution in [2.75, 3.05) is 12.4 Å². The minimum atomic E-state index is -3.68. The summed E-state index contributed by atoms with van der Waals surface area (Å²) in [6.07, 6.45) is 4.77. The summed E-state index contributed by atoms with van der Waals surface area (Å²) in [5.41, 5.74) is -0.438. The van der Waals surface area contributed by atoms with Crippen LogP contribution in [0, 0.1) is 0 Å². The number of anilines is 1. The molecule has 184 valence electrons. The fourth-order valence-electron chi connectivity index (χ4n) is 4.00. The Morgan fingerprint density at radius 2 is 1.77 bits per heavy atom. The number of para-hydroxylation sites is 2. The van der Waals surface area contributed by atoms with Gasteiger partial charge in [-0.3, -0.25) is 9.59 Å². The first-order chi connectivity index (χ1) is 16.8. The first-order valence-corrected chi connectivity index (χ1v) is 12.7. The number of nitrogens with one attached hydrogen (secondary N) is 2. The number of amides is 1. The SMILES string of the molecule is COc1ccccc1-n1nc(C(=O)Nc2ccc(S(=O)(=O)NC3CCCCC3)cc2)c(O)cc1=O. The maximum Gasteiger partial charge on any atom is 0.279 e. The smallest absolute Gasteiger partial charge is 0.279 e. The monoisotopic (exact) mass is 498 g/mol. The Morgan fingerprint density at radius 3 is 2.46 bits per heavy atom. The van der Waals surface area contributed by atoms with Crippen LogP contribution < -0.4 is 20.3 Å². The molecule has 3 N–H and O–H groups in total. The van der Waals surface area contributed by atoms with Gasteiger partial charge in [-0.2, -0.15) is 9.78 Å². The minimum Gasteiger partial charge on any atom is -0.505 e. The van der Waals surface area contributed by atoms with E-state index in [0.29, 0.717) is 17.1 Å². The molecule has 1 amide bonds. The Kier molecular flexibility index (Phi) is 7.17. The number of aromatic nitrogens is 2. The zero-order valence-corrected chi connectivity index (χ0v) is 19.9.